The van der Waals surface area contributed by atoms with E-state index < -0.39 is 0 Å². The average Bonchev–Trinajstić information content (AvgIpc) is 2.64. The quantitative estimate of drug-likeness (QED) is 0.782. The number of hydrogen-bond donors (Lipinski definition) is 1. The third-order valence-corrected chi connectivity index (χ3v) is 2.98. The van der Waals surface area contributed by atoms with Crippen molar-refractivity contribution in [2.24, 2.45) is 5.73 Å². The average molecular weight is 209 g/mol. The molecule has 2 N–H and O–H groups in total. The predicted octanol–water partition coefficient (Wildman–Crippen LogP) is 2.66. The molecule has 3 heteroatoms. The Hall–Kier alpha value is -0.830. The van der Waals surface area contributed by atoms with Gasteiger partial charge in [0, 0.05) is 17.8 Å². The van der Waals surface area contributed by atoms with Crippen LogP contribution in [0.15, 0.2) is 6.20 Å². The molecule has 1 aromatic heterocycles. The van der Waals surface area contributed by atoms with Crippen molar-refractivity contribution in [3.8, 4) is 0 Å². The van der Waals surface area contributed by atoms with Gasteiger partial charge in [0.15, 0.2) is 0 Å². The van der Waals surface area contributed by atoms with Gasteiger partial charge in [0.25, 0.3) is 0 Å². The van der Waals surface area contributed by atoms with E-state index in [1.165, 1.54) is 11.3 Å². The first-order valence-electron chi connectivity index (χ1n) is 6.03. The van der Waals surface area contributed by atoms with E-state index in [0.717, 1.165) is 25.7 Å². The Labute approximate surface area is 92.7 Å². The summed E-state index contributed by atoms with van der Waals surface area (Å²) in [5.74, 6) is 0. The third kappa shape index (κ3) is 2.59. The van der Waals surface area contributed by atoms with Crippen LogP contribution in [0.25, 0.3) is 0 Å². The predicted molar refractivity (Wildman–Crippen MR) is 63.7 cm³/mol. The van der Waals surface area contributed by atoms with E-state index in [-0.39, 0.29) is 0 Å². The van der Waals surface area contributed by atoms with E-state index in [9.17, 15) is 0 Å². The van der Waals surface area contributed by atoms with E-state index in [2.05, 4.69) is 30.6 Å². The monoisotopic (exact) mass is 209 g/mol. The topological polar surface area (TPSA) is 43.8 Å². The van der Waals surface area contributed by atoms with Crippen LogP contribution in [0.2, 0.25) is 0 Å². The zero-order valence-electron chi connectivity index (χ0n) is 10.2. The molecule has 3 nitrogen and oxygen atoms in total. The van der Waals surface area contributed by atoms with Crippen molar-refractivity contribution in [2.45, 2.75) is 59.0 Å². The summed E-state index contributed by atoms with van der Waals surface area (Å²) in [6.45, 7) is 7.24. The highest BCUT2D eigenvalue weighted by atomic mass is 15.3. The van der Waals surface area contributed by atoms with Gasteiger partial charge in [-0.05, 0) is 19.3 Å². The highest BCUT2D eigenvalue weighted by Crippen LogP contribution is 2.20. The van der Waals surface area contributed by atoms with Crippen molar-refractivity contribution in [3.05, 3.63) is 17.5 Å². The molecule has 0 aliphatic heterocycles. The minimum absolute atomic E-state index is 0.534. The van der Waals surface area contributed by atoms with Gasteiger partial charge in [0.05, 0.1) is 12.2 Å². The second-order valence-electron chi connectivity index (χ2n) is 3.99. The molecular formula is C12H23N3. The summed E-state index contributed by atoms with van der Waals surface area (Å²) in [5, 5.41) is 4.48. The van der Waals surface area contributed by atoms with Crippen LogP contribution in [0.3, 0.4) is 0 Å². The second kappa shape index (κ2) is 5.91. The van der Waals surface area contributed by atoms with Crippen molar-refractivity contribution in [3.63, 3.8) is 0 Å². The fourth-order valence-corrected chi connectivity index (χ4v) is 2.05. The van der Waals surface area contributed by atoms with Gasteiger partial charge >= 0.3 is 0 Å². The van der Waals surface area contributed by atoms with E-state index in [1.807, 2.05) is 6.20 Å². The minimum atomic E-state index is 0.534. The van der Waals surface area contributed by atoms with Crippen LogP contribution < -0.4 is 5.73 Å². The van der Waals surface area contributed by atoms with Gasteiger partial charge in [-0.15, -0.1) is 0 Å². The maximum absolute atomic E-state index is 5.72. The Morgan fingerprint density at radius 3 is 2.47 bits per heavy atom. The standard InChI is InChI=1S/C12H23N3/c1-4-7-12-10(8-13)9-14-15(12)11(5-2)6-3/h9,11H,4-8,13H2,1-3H3. The SMILES string of the molecule is CCCc1c(CN)cnn1C(CC)CC. The van der Waals surface area contributed by atoms with Crippen LogP contribution in [0.1, 0.15) is 57.3 Å². The van der Waals surface area contributed by atoms with E-state index >= 15 is 0 Å². The number of rotatable bonds is 6. The number of nitrogens with two attached hydrogens (primary N) is 1. The van der Waals surface area contributed by atoms with Crippen LogP contribution >= 0.6 is 0 Å². The lowest BCUT2D eigenvalue weighted by Gasteiger charge is -2.17. The van der Waals surface area contributed by atoms with E-state index in [4.69, 9.17) is 5.73 Å². The van der Waals surface area contributed by atoms with Crippen LogP contribution in [-0.2, 0) is 13.0 Å². The first-order valence-corrected chi connectivity index (χ1v) is 6.03. The second-order valence-corrected chi connectivity index (χ2v) is 3.99. The van der Waals surface area contributed by atoms with Crippen LogP contribution in [0.5, 0.6) is 0 Å². The van der Waals surface area contributed by atoms with Gasteiger partial charge in [0.1, 0.15) is 0 Å². The maximum Gasteiger partial charge on any atom is 0.0537 e. The summed E-state index contributed by atoms with van der Waals surface area (Å²) in [5.41, 5.74) is 8.28. The number of hydrogen-bond acceptors (Lipinski definition) is 2. The Morgan fingerprint density at radius 1 is 1.33 bits per heavy atom. The molecule has 0 aliphatic rings. The van der Waals surface area contributed by atoms with Crippen LogP contribution in [-0.4, -0.2) is 9.78 Å². The molecule has 0 radical (unpaired) electrons. The fourth-order valence-electron chi connectivity index (χ4n) is 2.05. The molecule has 0 amide bonds. The summed E-state index contributed by atoms with van der Waals surface area (Å²) >= 11 is 0. The van der Waals surface area contributed by atoms with Crippen LogP contribution in [0, 0.1) is 0 Å². The smallest absolute Gasteiger partial charge is 0.0537 e. The van der Waals surface area contributed by atoms with Crippen molar-refractivity contribution in [2.75, 3.05) is 0 Å². The molecule has 0 saturated carbocycles. The minimum Gasteiger partial charge on any atom is -0.326 e. The molecule has 0 saturated heterocycles. The molecule has 15 heavy (non-hydrogen) atoms. The largest absolute Gasteiger partial charge is 0.326 e. The van der Waals surface area contributed by atoms with Crippen LogP contribution in [0.4, 0.5) is 0 Å². The highest BCUT2D eigenvalue weighted by molar-refractivity contribution is 5.18. The molecule has 0 aliphatic carbocycles. The molecule has 86 valence electrons. The lowest BCUT2D eigenvalue weighted by atomic mass is 10.1. The molecule has 0 fully saturated rings. The summed E-state index contributed by atoms with van der Waals surface area (Å²) in [6.07, 6.45) is 6.45. The molecule has 0 unspecified atom stereocenters. The zero-order chi connectivity index (χ0) is 11.3. The van der Waals surface area contributed by atoms with Gasteiger partial charge in [-0.2, -0.15) is 5.10 Å². The van der Waals surface area contributed by atoms with Gasteiger partial charge in [-0.1, -0.05) is 27.2 Å². The fraction of sp³-hybridized carbons (Fsp3) is 0.750. The van der Waals surface area contributed by atoms with Gasteiger partial charge in [-0.25, -0.2) is 0 Å². The molecule has 0 aromatic carbocycles. The third-order valence-electron chi connectivity index (χ3n) is 2.98. The van der Waals surface area contributed by atoms with Gasteiger partial charge < -0.3 is 5.73 Å². The molecule has 1 rings (SSSR count). The summed E-state index contributed by atoms with van der Waals surface area (Å²) in [6, 6.07) is 0.534. The zero-order valence-corrected chi connectivity index (χ0v) is 10.2. The molecule has 1 heterocycles. The highest BCUT2D eigenvalue weighted by Gasteiger charge is 2.14. The summed E-state index contributed by atoms with van der Waals surface area (Å²) in [4.78, 5) is 0. The van der Waals surface area contributed by atoms with Crippen molar-refractivity contribution in [1.29, 1.82) is 0 Å². The lowest BCUT2D eigenvalue weighted by Crippen LogP contribution is -2.13. The summed E-state index contributed by atoms with van der Waals surface area (Å²) in [7, 11) is 0. The van der Waals surface area contributed by atoms with Crippen molar-refractivity contribution >= 4 is 0 Å². The first-order chi connectivity index (χ1) is 7.28. The molecule has 1 aromatic rings. The Balaban J connectivity index is 2.99. The molecule has 0 atom stereocenters. The lowest BCUT2D eigenvalue weighted by molar-refractivity contribution is 0.413. The maximum atomic E-state index is 5.72. The number of aromatic nitrogens is 2. The Morgan fingerprint density at radius 2 is 2.00 bits per heavy atom. The summed E-state index contributed by atoms with van der Waals surface area (Å²) < 4.78 is 2.19. The Bertz CT molecular complexity index is 287. The van der Waals surface area contributed by atoms with E-state index in [1.54, 1.807) is 0 Å². The van der Waals surface area contributed by atoms with E-state index in [0.29, 0.717) is 12.6 Å². The molecular weight excluding hydrogens is 186 g/mol. The Kier molecular flexibility index (Phi) is 4.82. The number of nitrogens with zero attached hydrogens (tertiary/aromatic N) is 2. The van der Waals surface area contributed by atoms with Crippen molar-refractivity contribution < 1.29 is 0 Å². The first kappa shape index (κ1) is 12.2. The molecule has 0 bridgehead atoms. The normalized spacial score (nSPS) is 11.3. The van der Waals surface area contributed by atoms with Gasteiger partial charge in [-0.3, -0.25) is 4.68 Å². The van der Waals surface area contributed by atoms with Crippen molar-refractivity contribution in [1.82, 2.24) is 9.78 Å². The van der Waals surface area contributed by atoms with Gasteiger partial charge in [0.2, 0.25) is 0 Å². The molecule has 0 spiro atoms.